The van der Waals surface area contributed by atoms with Crippen molar-refractivity contribution in [3.8, 4) is 16.9 Å². The van der Waals surface area contributed by atoms with E-state index in [1.807, 2.05) is 30.3 Å². The predicted molar refractivity (Wildman–Crippen MR) is 67.5 cm³/mol. The Morgan fingerprint density at radius 2 is 1.94 bits per heavy atom. The van der Waals surface area contributed by atoms with E-state index in [4.69, 9.17) is 4.74 Å². The van der Waals surface area contributed by atoms with Crippen molar-refractivity contribution in [3.05, 3.63) is 40.1 Å². The number of benzene rings is 1. The first-order chi connectivity index (χ1) is 8.15. The van der Waals surface area contributed by atoms with Crippen molar-refractivity contribution in [2.45, 2.75) is 6.92 Å². The van der Waals surface area contributed by atoms with E-state index < -0.39 is 5.97 Å². The summed E-state index contributed by atoms with van der Waals surface area (Å²) in [6, 6.07) is 9.32. The van der Waals surface area contributed by atoms with E-state index in [0.29, 0.717) is 15.3 Å². The number of carbonyl (C=O) groups is 1. The molecule has 0 aliphatic rings. The number of aryl methyl sites for hydroxylation is 1. The highest BCUT2D eigenvalue weighted by Gasteiger charge is 2.22. The third-order valence-corrected chi connectivity index (χ3v) is 3.56. The van der Waals surface area contributed by atoms with Crippen LogP contribution in [0.15, 0.2) is 30.3 Å². The van der Waals surface area contributed by atoms with Crippen molar-refractivity contribution in [1.29, 1.82) is 0 Å². The summed E-state index contributed by atoms with van der Waals surface area (Å²) in [5, 5.41) is 10.0. The van der Waals surface area contributed by atoms with E-state index >= 15 is 0 Å². The number of thiophene rings is 1. The van der Waals surface area contributed by atoms with Crippen LogP contribution in [0.25, 0.3) is 11.1 Å². The molecular weight excluding hydrogens is 236 g/mol. The first kappa shape index (κ1) is 11.7. The molecule has 1 heterocycles. The lowest BCUT2D eigenvalue weighted by Crippen LogP contribution is -1.99. The lowest BCUT2D eigenvalue weighted by Gasteiger charge is -2.03. The Labute approximate surface area is 103 Å². The van der Waals surface area contributed by atoms with Gasteiger partial charge in [0.05, 0.1) is 7.11 Å². The minimum absolute atomic E-state index is 0.154. The second-order valence-electron chi connectivity index (χ2n) is 3.57. The fourth-order valence-corrected chi connectivity index (χ4v) is 2.63. The summed E-state index contributed by atoms with van der Waals surface area (Å²) in [6.07, 6.45) is 0. The van der Waals surface area contributed by atoms with E-state index in [1.165, 1.54) is 18.4 Å². The zero-order valence-corrected chi connectivity index (χ0v) is 10.4. The summed E-state index contributed by atoms with van der Waals surface area (Å²) >= 11 is 1.24. The molecule has 0 unspecified atom stereocenters. The highest BCUT2D eigenvalue weighted by molar-refractivity contribution is 7.14. The second kappa shape index (κ2) is 4.59. The summed E-state index contributed by atoms with van der Waals surface area (Å²) < 4.78 is 4.73. The molecule has 1 aromatic heterocycles. The topological polar surface area (TPSA) is 46.5 Å². The van der Waals surface area contributed by atoms with Gasteiger partial charge in [-0.3, -0.25) is 0 Å². The van der Waals surface area contributed by atoms with Crippen molar-refractivity contribution < 1.29 is 14.6 Å². The lowest BCUT2D eigenvalue weighted by molar-refractivity contribution is 0.0607. The number of hydrogen-bond donors (Lipinski definition) is 1. The Bertz CT molecular complexity index is 543. The average molecular weight is 248 g/mol. The van der Waals surface area contributed by atoms with Gasteiger partial charge in [0.15, 0.2) is 0 Å². The maximum Gasteiger partial charge on any atom is 0.348 e. The van der Waals surface area contributed by atoms with Gasteiger partial charge in [-0.05, 0) is 12.5 Å². The molecule has 0 saturated carbocycles. The fraction of sp³-hybridized carbons (Fsp3) is 0.154. The van der Waals surface area contributed by atoms with Gasteiger partial charge in [-0.15, -0.1) is 11.3 Å². The first-order valence-electron chi connectivity index (χ1n) is 5.11. The van der Waals surface area contributed by atoms with E-state index in [-0.39, 0.29) is 5.75 Å². The summed E-state index contributed by atoms with van der Waals surface area (Å²) in [5.74, 6) is -0.265. The molecule has 3 nitrogen and oxygen atoms in total. The molecule has 17 heavy (non-hydrogen) atoms. The SMILES string of the molecule is COC(=O)c1sc(C)c(O)c1-c1ccccc1. The third-order valence-electron chi connectivity index (χ3n) is 2.49. The summed E-state index contributed by atoms with van der Waals surface area (Å²) in [7, 11) is 1.34. The van der Waals surface area contributed by atoms with Crippen LogP contribution in [0.3, 0.4) is 0 Å². The van der Waals surface area contributed by atoms with Gasteiger partial charge in [0, 0.05) is 10.4 Å². The Balaban J connectivity index is 2.64. The van der Waals surface area contributed by atoms with Gasteiger partial charge in [0.25, 0.3) is 0 Å². The molecule has 0 fully saturated rings. The smallest absolute Gasteiger partial charge is 0.348 e. The quantitative estimate of drug-likeness (QED) is 0.830. The van der Waals surface area contributed by atoms with Crippen LogP contribution in [-0.4, -0.2) is 18.2 Å². The van der Waals surface area contributed by atoms with Gasteiger partial charge in [-0.2, -0.15) is 0 Å². The zero-order valence-electron chi connectivity index (χ0n) is 9.56. The van der Waals surface area contributed by atoms with Crippen molar-refractivity contribution >= 4 is 17.3 Å². The van der Waals surface area contributed by atoms with Gasteiger partial charge >= 0.3 is 5.97 Å². The highest BCUT2D eigenvalue weighted by Crippen LogP contribution is 2.41. The van der Waals surface area contributed by atoms with E-state index in [1.54, 1.807) is 6.92 Å². The van der Waals surface area contributed by atoms with Crippen LogP contribution < -0.4 is 0 Å². The minimum atomic E-state index is -0.419. The molecule has 0 spiro atoms. The molecule has 88 valence electrons. The monoisotopic (exact) mass is 248 g/mol. The molecule has 2 rings (SSSR count). The molecule has 1 aromatic carbocycles. The van der Waals surface area contributed by atoms with Gasteiger partial charge in [-0.25, -0.2) is 4.79 Å². The second-order valence-corrected chi connectivity index (χ2v) is 4.79. The molecular formula is C13H12O3S. The predicted octanol–water partition coefficient (Wildman–Crippen LogP) is 3.22. The Morgan fingerprint density at radius 1 is 1.29 bits per heavy atom. The van der Waals surface area contributed by atoms with Crippen LogP contribution in [0.5, 0.6) is 5.75 Å². The number of rotatable bonds is 2. The van der Waals surface area contributed by atoms with Gasteiger partial charge in [0.2, 0.25) is 0 Å². The van der Waals surface area contributed by atoms with Crippen LogP contribution >= 0.6 is 11.3 Å². The van der Waals surface area contributed by atoms with Crippen LogP contribution in [0.4, 0.5) is 0 Å². The molecule has 0 saturated heterocycles. The third kappa shape index (κ3) is 2.03. The molecule has 0 atom stereocenters. The lowest BCUT2D eigenvalue weighted by atomic mass is 10.1. The molecule has 0 aliphatic carbocycles. The van der Waals surface area contributed by atoms with Crippen molar-refractivity contribution in [2.75, 3.05) is 7.11 Å². The number of esters is 1. The molecule has 0 bridgehead atoms. The number of methoxy groups -OCH3 is 1. The molecule has 2 aromatic rings. The van der Waals surface area contributed by atoms with Crippen LogP contribution in [-0.2, 0) is 4.74 Å². The number of aromatic hydroxyl groups is 1. The summed E-state index contributed by atoms with van der Waals surface area (Å²) in [5.41, 5.74) is 1.37. The van der Waals surface area contributed by atoms with E-state index in [9.17, 15) is 9.90 Å². The maximum atomic E-state index is 11.7. The van der Waals surface area contributed by atoms with Crippen molar-refractivity contribution in [3.63, 3.8) is 0 Å². The van der Waals surface area contributed by atoms with Crippen LogP contribution in [0, 0.1) is 6.92 Å². The largest absolute Gasteiger partial charge is 0.506 e. The minimum Gasteiger partial charge on any atom is -0.506 e. The van der Waals surface area contributed by atoms with E-state index in [0.717, 1.165) is 5.56 Å². The molecule has 0 aliphatic heterocycles. The Kier molecular flexibility index (Phi) is 3.15. The molecule has 1 N–H and O–H groups in total. The number of hydrogen-bond acceptors (Lipinski definition) is 4. The van der Waals surface area contributed by atoms with Gasteiger partial charge in [0.1, 0.15) is 10.6 Å². The van der Waals surface area contributed by atoms with Crippen molar-refractivity contribution in [2.24, 2.45) is 0 Å². The van der Waals surface area contributed by atoms with Crippen LogP contribution in [0.2, 0.25) is 0 Å². The summed E-state index contributed by atoms with van der Waals surface area (Å²) in [4.78, 5) is 12.8. The van der Waals surface area contributed by atoms with Crippen LogP contribution in [0.1, 0.15) is 14.5 Å². The van der Waals surface area contributed by atoms with Crippen molar-refractivity contribution in [1.82, 2.24) is 0 Å². The average Bonchev–Trinajstić information content (AvgIpc) is 2.66. The fourth-order valence-electron chi connectivity index (χ4n) is 1.65. The normalized spacial score (nSPS) is 10.2. The molecule has 0 amide bonds. The molecule has 0 radical (unpaired) electrons. The Morgan fingerprint density at radius 3 is 2.53 bits per heavy atom. The Hall–Kier alpha value is -1.81. The zero-order chi connectivity index (χ0) is 12.4. The van der Waals surface area contributed by atoms with E-state index in [2.05, 4.69) is 0 Å². The standard InChI is InChI=1S/C13H12O3S/c1-8-11(14)10(9-6-4-3-5-7-9)12(17-8)13(15)16-2/h3-7,14H,1-2H3. The number of ether oxygens (including phenoxy) is 1. The molecule has 4 heteroatoms. The van der Waals surface area contributed by atoms with Gasteiger partial charge < -0.3 is 9.84 Å². The van der Waals surface area contributed by atoms with Gasteiger partial charge in [-0.1, -0.05) is 30.3 Å². The maximum absolute atomic E-state index is 11.7. The number of carbonyl (C=O) groups excluding carboxylic acids is 1. The first-order valence-corrected chi connectivity index (χ1v) is 5.93. The highest BCUT2D eigenvalue weighted by atomic mass is 32.1. The summed E-state index contributed by atoms with van der Waals surface area (Å²) in [6.45, 7) is 1.78.